The first-order chi connectivity index (χ1) is 16.4. The minimum atomic E-state index is -0.820. The second-order valence-electron chi connectivity index (χ2n) is 7.69. The van der Waals surface area contributed by atoms with Crippen molar-refractivity contribution in [3.05, 3.63) is 46.3 Å². The molecule has 0 radical (unpaired) electrons. The Morgan fingerprint density at radius 3 is 2.50 bits per heavy atom. The molecule has 1 unspecified atom stereocenters. The molecule has 13 heteroatoms. The number of benzene rings is 1. The third-order valence-electron chi connectivity index (χ3n) is 5.57. The Hall–Kier alpha value is -4.29. The molecule has 2 fully saturated rings. The molecule has 2 aliphatic rings. The molecule has 3 heterocycles. The maximum atomic E-state index is 12.0. The van der Waals surface area contributed by atoms with Crippen LogP contribution in [0.15, 0.2) is 30.6 Å². The summed E-state index contributed by atoms with van der Waals surface area (Å²) < 4.78 is 10.7. The van der Waals surface area contributed by atoms with E-state index < -0.39 is 22.9 Å². The van der Waals surface area contributed by atoms with Crippen LogP contribution in [0.3, 0.4) is 0 Å². The Balaban J connectivity index is 1.51. The SMILES string of the molecule is CCOC(=O)C1CCN(c2ncnc(Oc3ccc(C4NC(=O)NC4=O)cc3)c2[N+](=O)[O-])CC1. The van der Waals surface area contributed by atoms with Crippen molar-refractivity contribution in [3.8, 4) is 11.6 Å². The van der Waals surface area contributed by atoms with E-state index in [1.54, 1.807) is 24.0 Å². The van der Waals surface area contributed by atoms with Crippen molar-refractivity contribution >= 4 is 29.4 Å². The van der Waals surface area contributed by atoms with E-state index in [0.29, 0.717) is 38.1 Å². The van der Waals surface area contributed by atoms with Crippen LogP contribution < -0.4 is 20.3 Å². The van der Waals surface area contributed by atoms with Crippen LogP contribution in [0.4, 0.5) is 16.3 Å². The first-order valence-electron chi connectivity index (χ1n) is 10.7. The molecule has 34 heavy (non-hydrogen) atoms. The zero-order valence-corrected chi connectivity index (χ0v) is 18.2. The summed E-state index contributed by atoms with van der Waals surface area (Å²) in [5.74, 6) is -0.857. The van der Waals surface area contributed by atoms with Gasteiger partial charge in [-0.05, 0) is 37.5 Å². The molecule has 0 bridgehead atoms. The summed E-state index contributed by atoms with van der Waals surface area (Å²) in [5, 5.41) is 16.5. The van der Waals surface area contributed by atoms with Crippen molar-refractivity contribution in [2.75, 3.05) is 24.6 Å². The van der Waals surface area contributed by atoms with E-state index in [4.69, 9.17) is 9.47 Å². The molecule has 2 aliphatic heterocycles. The Kier molecular flexibility index (Phi) is 6.52. The van der Waals surface area contributed by atoms with E-state index in [9.17, 15) is 24.5 Å². The predicted octanol–water partition coefficient (Wildman–Crippen LogP) is 1.84. The molecule has 1 aromatic heterocycles. The number of hydrogen-bond acceptors (Lipinski definition) is 10. The summed E-state index contributed by atoms with van der Waals surface area (Å²) in [6, 6.07) is 4.77. The van der Waals surface area contributed by atoms with Crippen molar-refractivity contribution in [2.24, 2.45) is 5.92 Å². The number of imide groups is 1. The van der Waals surface area contributed by atoms with Gasteiger partial charge >= 0.3 is 23.6 Å². The number of carbonyl (C=O) groups excluding carboxylic acids is 3. The van der Waals surface area contributed by atoms with Crippen molar-refractivity contribution in [1.29, 1.82) is 0 Å². The van der Waals surface area contributed by atoms with E-state index >= 15 is 0 Å². The van der Waals surface area contributed by atoms with Crippen LogP contribution >= 0.6 is 0 Å². The lowest BCUT2D eigenvalue weighted by Crippen LogP contribution is -2.37. The summed E-state index contributed by atoms with van der Waals surface area (Å²) in [6.07, 6.45) is 2.16. The number of anilines is 1. The van der Waals surface area contributed by atoms with E-state index in [-0.39, 0.29) is 35.0 Å². The average molecular weight is 470 g/mol. The normalized spacial score (nSPS) is 18.3. The van der Waals surface area contributed by atoms with Crippen LogP contribution in [0.5, 0.6) is 11.6 Å². The number of esters is 1. The summed E-state index contributed by atoms with van der Waals surface area (Å²) in [7, 11) is 0. The second kappa shape index (κ2) is 9.68. The van der Waals surface area contributed by atoms with Gasteiger partial charge in [-0.1, -0.05) is 12.1 Å². The van der Waals surface area contributed by atoms with Crippen LogP contribution in [0.2, 0.25) is 0 Å². The monoisotopic (exact) mass is 470 g/mol. The van der Waals surface area contributed by atoms with Crippen LogP contribution in [0.1, 0.15) is 31.4 Å². The average Bonchev–Trinajstić information content (AvgIpc) is 3.17. The number of hydrogen-bond donors (Lipinski definition) is 2. The fourth-order valence-corrected chi connectivity index (χ4v) is 3.90. The molecule has 178 valence electrons. The van der Waals surface area contributed by atoms with Gasteiger partial charge in [0.1, 0.15) is 18.1 Å². The third-order valence-corrected chi connectivity index (χ3v) is 5.57. The zero-order valence-electron chi connectivity index (χ0n) is 18.2. The van der Waals surface area contributed by atoms with Gasteiger partial charge in [-0.25, -0.2) is 9.78 Å². The second-order valence-corrected chi connectivity index (χ2v) is 7.69. The zero-order chi connectivity index (χ0) is 24.2. The first-order valence-corrected chi connectivity index (χ1v) is 10.7. The maximum Gasteiger partial charge on any atom is 0.373 e. The highest BCUT2D eigenvalue weighted by Gasteiger charge is 2.34. The Morgan fingerprint density at radius 2 is 1.91 bits per heavy atom. The Bertz CT molecular complexity index is 1120. The smallest absolute Gasteiger partial charge is 0.373 e. The van der Waals surface area contributed by atoms with Crippen molar-refractivity contribution in [2.45, 2.75) is 25.8 Å². The lowest BCUT2D eigenvalue weighted by molar-refractivity contribution is -0.385. The quantitative estimate of drug-likeness (QED) is 0.264. The lowest BCUT2D eigenvalue weighted by Gasteiger charge is -2.31. The van der Waals surface area contributed by atoms with Crippen LogP contribution in [-0.4, -0.2) is 52.5 Å². The predicted molar refractivity (Wildman–Crippen MR) is 116 cm³/mol. The number of nitro groups is 1. The number of rotatable bonds is 7. The number of piperidine rings is 1. The van der Waals surface area contributed by atoms with Gasteiger partial charge in [0.15, 0.2) is 0 Å². The van der Waals surface area contributed by atoms with Gasteiger partial charge in [0.2, 0.25) is 5.82 Å². The molecule has 3 amide bonds. The molecule has 2 aromatic rings. The summed E-state index contributed by atoms with van der Waals surface area (Å²) in [5.41, 5.74) is 0.140. The van der Waals surface area contributed by atoms with Gasteiger partial charge in [0.25, 0.3) is 5.91 Å². The van der Waals surface area contributed by atoms with Gasteiger partial charge in [-0.2, -0.15) is 4.98 Å². The molecule has 1 atom stereocenters. The van der Waals surface area contributed by atoms with Crippen molar-refractivity contribution < 1.29 is 28.8 Å². The third kappa shape index (κ3) is 4.72. The maximum absolute atomic E-state index is 12.0. The van der Waals surface area contributed by atoms with Gasteiger partial charge in [0, 0.05) is 13.1 Å². The Morgan fingerprint density at radius 1 is 1.21 bits per heavy atom. The highest BCUT2D eigenvalue weighted by Crippen LogP contribution is 2.37. The number of nitrogens with one attached hydrogen (secondary N) is 2. The number of aromatic nitrogens is 2. The molecular formula is C21H22N6O7. The van der Waals surface area contributed by atoms with Crippen LogP contribution in [0.25, 0.3) is 0 Å². The molecule has 0 saturated carbocycles. The summed E-state index contributed by atoms with van der Waals surface area (Å²) in [4.78, 5) is 56.2. The van der Waals surface area contributed by atoms with Crippen LogP contribution in [-0.2, 0) is 14.3 Å². The number of ether oxygens (including phenoxy) is 2. The molecule has 13 nitrogen and oxygen atoms in total. The van der Waals surface area contributed by atoms with Crippen molar-refractivity contribution in [1.82, 2.24) is 20.6 Å². The molecule has 2 saturated heterocycles. The minimum absolute atomic E-state index is 0.110. The van der Waals surface area contributed by atoms with Gasteiger partial charge in [-0.15, -0.1) is 0 Å². The lowest BCUT2D eigenvalue weighted by atomic mass is 9.97. The molecule has 1 aromatic carbocycles. The topological polar surface area (TPSA) is 166 Å². The first kappa shape index (κ1) is 22.9. The van der Waals surface area contributed by atoms with E-state index in [0.717, 1.165) is 0 Å². The fraction of sp³-hybridized carbons (Fsp3) is 0.381. The number of carbonyl (C=O) groups is 3. The van der Waals surface area contributed by atoms with Gasteiger partial charge < -0.3 is 19.7 Å². The largest absolute Gasteiger partial charge is 0.466 e. The number of nitrogens with zero attached hydrogens (tertiary/aromatic N) is 4. The molecular weight excluding hydrogens is 448 g/mol. The van der Waals surface area contributed by atoms with Gasteiger partial charge in [-0.3, -0.25) is 25.0 Å². The highest BCUT2D eigenvalue weighted by atomic mass is 16.6. The molecule has 0 aliphatic carbocycles. The minimum Gasteiger partial charge on any atom is -0.466 e. The standard InChI is InChI=1S/C21H22N6O7/c1-2-33-20(29)13-7-9-26(10-8-13)17-16(27(31)32)19(23-11-22-17)34-14-5-3-12(4-6-14)15-18(28)25-21(30)24-15/h3-6,11,13,15H,2,7-10H2,1H3,(H2,24,25,28,30). The highest BCUT2D eigenvalue weighted by molar-refractivity contribution is 6.04. The van der Waals surface area contributed by atoms with E-state index in [1.165, 1.54) is 18.5 Å². The molecule has 0 spiro atoms. The Labute approximate surface area is 193 Å². The molecule has 2 N–H and O–H groups in total. The van der Waals surface area contributed by atoms with E-state index in [1.807, 2.05) is 0 Å². The van der Waals surface area contributed by atoms with Crippen LogP contribution in [0, 0.1) is 16.0 Å². The molecule has 4 rings (SSSR count). The summed E-state index contributed by atoms with van der Waals surface area (Å²) in [6.45, 7) is 2.84. The summed E-state index contributed by atoms with van der Waals surface area (Å²) >= 11 is 0. The number of urea groups is 1. The van der Waals surface area contributed by atoms with E-state index in [2.05, 4.69) is 20.6 Å². The van der Waals surface area contributed by atoms with Crippen molar-refractivity contribution in [3.63, 3.8) is 0 Å². The van der Waals surface area contributed by atoms with Gasteiger partial charge in [0.05, 0.1) is 17.4 Å². The fourth-order valence-electron chi connectivity index (χ4n) is 3.90. The number of amides is 3.